The molecular formula is C31H33N3O6S. The minimum atomic E-state index is -4.02. The highest BCUT2D eigenvalue weighted by Gasteiger charge is 2.35. The van der Waals surface area contributed by atoms with E-state index in [9.17, 15) is 13.2 Å². The highest BCUT2D eigenvalue weighted by atomic mass is 32.2. The van der Waals surface area contributed by atoms with E-state index in [1.54, 1.807) is 37.3 Å². The van der Waals surface area contributed by atoms with Crippen molar-refractivity contribution in [1.82, 2.24) is 9.29 Å². The van der Waals surface area contributed by atoms with E-state index in [1.165, 1.54) is 4.31 Å². The van der Waals surface area contributed by atoms with Gasteiger partial charge in [-0.2, -0.15) is 12.7 Å². The molecule has 0 atom stereocenters. The summed E-state index contributed by atoms with van der Waals surface area (Å²) < 4.78 is 47.1. The van der Waals surface area contributed by atoms with E-state index >= 15 is 0 Å². The molecule has 10 heteroatoms. The molecule has 0 unspecified atom stereocenters. The van der Waals surface area contributed by atoms with Crippen molar-refractivity contribution >= 4 is 21.9 Å². The molecule has 0 saturated carbocycles. The zero-order chi connectivity index (χ0) is 29.0. The number of hydrogen-bond donors (Lipinski definition) is 0. The molecule has 4 aromatic rings. The monoisotopic (exact) mass is 575 g/mol. The number of carbonyl (C=O) groups excluding carboxylic acids is 1. The van der Waals surface area contributed by atoms with Gasteiger partial charge in [-0.1, -0.05) is 48.0 Å². The molecular weight excluding hydrogens is 542 g/mol. The number of anilines is 1. The Labute approximate surface area is 240 Å². The Morgan fingerprint density at radius 2 is 1.83 bits per heavy atom. The van der Waals surface area contributed by atoms with Crippen molar-refractivity contribution in [1.29, 1.82) is 0 Å². The maximum atomic E-state index is 13.8. The number of fused-ring (bicyclic) bond motifs is 1. The van der Waals surface area contributed by atoms with E-state index in [1.807, 2.05) is 56.3 Å². The number of hydrogen-bond acceptors (Lipinski definition) is 7. The van der Waals surface area contributed by atoms with Gasteiger partial charge in [0, 0.05) is 18.7 Å². The first-order valence-corrected chi connectivity index (χ1v) is 14.9. The lowest BCUT2D eigenvalue weighted by Gasteiger charge is -2.28. The molecule has 9 nitrogen and oxygen atoms in total. The van der Waals surface area contributed by atoms with Crippen molar-refractivity contribution in [2.45, 2.75) is 40.3 Å². The lowest BCUT2D eigenvalue weighted by atomic mass is 10.1. The molecule has 2 heterocycles. The van der Waals surface area contributed by atoms with Crippen LogP contribution in [0, 0.1) is 13.8 Å². The van der Waals surface area contributed by atoms with Crippen LogP contribution in [0.15, 0.2) is 77.2 Å². The topological polar surface area (TPSA) is 102 Å². The van der Waals surface area contributed by atoms with Gasteiger partial charge in [-0.05, 0) is 68.7 Å². The summed E-state index contributed by atoms with van der Waals surface area (Å²) in [5.74, 6) is 1.12. The number of oxazole rings is 1. The maximum Gasteiger partial charge on any atom is 0.321 e. The largest absolute Gasteiger partial charge is 0.487 e. The number of esters is 1. The molecule has 0 fully saturated rings. The number of para-hydroxylation sites is 1. The molecule has 0 saturated heterocycles. The summed E-state index contributed by atoms with van der Waals surface area (Å²) in [6.45, 7) is 5.77. The fourth-order valence-electron chi connectivity index (χ4n) is 4.73. The molecule has 3 aromatic carbocycles. The molecule has 1 aromatic heterocycles. The lowest BCUT2D eigenvalue weighted by Crippen LogP contribution is -2.45. The first kappa shape index (κ1) is 28.4. The number of nitrogens with zero attached hydrogens (tertiary/aromatic N) is 3. The van der Waals surface area contributed by atoms with E-state index in [2.05, 4.69) is 4.98 Å². The van der Waals surface area contributed by atoms with Crippen molar-refractivity contribution < 1.29 is 27.1 Å². The molecule has 5 rings (SSSR count). The molecule has 1 aliphatic rings. The zero-order valence-electron chi connectivity index (χ0n) is 23.4. The summed E-state index contributed by atoms with van der Waals surface area (Å²) in [6.07, 6.45) is 0.610. The summed E-state index contributed by atoms with van der Waals surface area (Å²) in [4.78, 5) is 17.0. The highest BCUT2D eigenvalue weighted by Crippen LogP contribution is 2.32. The Kier molecular flexibility index (Phi) is 8.41. The summed E-state index contributed by atoms with van der Waals surface area (Å²) in [6, 6.07) is 22.5. The third-order valence-corrected chi connectivity index (χ3v) is 8.73. The minimum Gasteiger partial charge on any atom is -0.487 e. The van der Waals surface area contributed by atoms with E-state index in [4.69, 9.17) is 13.9 Å². The molecule has 41 heavy (non-hydrogen) atoms. The molecule has 0 spiro atoms. The van der Waals surface area contributed by atoms with Gasteiger partial charge in [0.25, 0.3) is 0 Å². The molecule has 0 radical (unpaired) electrons. The molecule has 1 aliphatic heterocycles. The van der Waals surface area contributed by atoms with Gasteiger partial charge >= 0.3 is 16.2 Å². The Balaban J connectivity index is 1.33. The second-order valence-electron chi connectivity index (χ2n) is 9.86. The molecule has 0 aliphatic carbocycles. The fraction of sp³-hybridized carbons (Fsp3) is 0.290. The first-order chi connectivity index (χ1) is 19.7. The minimum absolute atomic E-state index is 0.0302. The molecule has 0 bridgehead atoms. The number of rotatable bonds is 11. The number of carbonyl (C=O) groups is 1. The standard InChI is InChI=1S/C31H33N3O6S/c1-4-38-30(35)20-33(41(36,37)34-17-16-25-9-5-6-11-29(25)34)19-24-8-7-10-27(18-24)39-21-28-23(3)40-31(32-28)26-14-12-22(2)13-15-26/h5-15,18H,4,16-17,19-21H2,1-3H3. The van der Waals surface area contributed by atoms with Gasteiger partial charge in [0.2, 0.25) is 5.89 Å². The Morgan fingerprint density at radius 1 is 1.05 bits per heavy atom. The van der Waals surface area contributed by atoms with Crippen molar-refractivity contribution in [2.24, 2.45) is 0 Å². The molecule has 214 valence electrons. The number of ether oxygens (including phenoxy) is 2. The van der Waals surface area contributed by atoms with Gasteiger partial charge in [-0.15, -0.1) is 0 Å². The van der Waals surface area contributed by atoms with Crippen LogP contribution in [0.2, 0.25) is 0 Å². The fourth-order valence-corrected chi connectivity index (χ4v) is 6.34. The summed E-state index contributed by atoms with van der Waals surface area (Å²) in [5.41, 5.74) is 4.96. The van der Waals surface area contributed by atoms with E-state index in [0.717, 1.165) is 21.0 Å². The maximum absolute atomic E-state index is 13.8. The zero-order valence-corrected chi connectivity index (χ0v) is 24.2. The van der Waals surface area contributed by atoms with Crippen LogP contribution in [-0.4, -0.2) is 43.4 Å². The highest BCUT2D eigenvalue weighted by molar-refractivity contribution is 7.90. The van der Waals surface area contributed by atoms with Gasteiger partial charge in [0.15, 0.2) is 0 Å². The summed E-state index contributed by atoms with van der Waals surface area (Å²) in [5, 5.41) is 0. The Bertz CT molecular complexity index is 1630. The van der Waals surface area contributed by atoms with Gasteiger partial charge < -0.3 is 13.9 Å². The van der Waals surface area contributed by atoms with Crippen molar-refractivity contribution in [3.05, 3.63) is 101 Å². The predicted molar refractivity (Wildman–Crippen MR) is 156 cm³/mol. The van der Waals surface area contributed by atoms with Crippen molar-refractivity contribution in [2.75, 3.05) is 24.0 Å². The normalized spacial score (nSPS) is 12.9. The number of aromatic nitrogens is 1. The van der Waals surface area contributed by atoms with Crippen LogP contribution >= 0.6 is 0 Å². The quantitative estimate of drug-likeness (QED) is 0.226. The predicted octanol–water partition coefficient (Wildman–Crippen LogP) is 5.21. The van der Waals surface area contributed by atoms with Gasteiger partial charge in [0.1, 0.15) is 30.4 Å². The Hall–Kier alpha value is -4.15. The smallest absolute Gasteiger partial charge is 0.321 e. The van der Waals surface area contributed by atoms with E-state index in [-0.39, 0.29) is 19.8 Å². The van der Waals surface area contributed by atoms with Crippen LogP contribution in [0.5, 0.6) is 5.75 Å². The van der Waals surface area contributed by atoms with Gasteiger partial charge in [-0.25, -0.2) is 4.98 Å². The van der Waals surface area contributed by atoms with Crippen LogP contribution in [0.3, 0.4) is 0 Å². The summed E-state index contributed by atoms with van der Waals surface area (Å²) >= 11 is 0. The third-order valence-electron chi connectivity index (χ3n) is 6.88. The van der Waals surface area contributed by atoms with Crippen LogP contribution in [0.4, 0.5) is 5.69 Å². The number of benzene rings is 3. The average molecular weight is 576 g/mol. The van der Waals surface area contributed by atoms with Crippen LogP contribution in [0.1, 0.15) is 35.1 Å². The van der Waals surface area contributed by atoms with E-state index in [0.29, 0.717) is 47.3 Å². The molecule has 0 N–H and O–H groups in total. The summed E-state index contributed by atoms with van der Waals surface area (Å²) in [7, 11) is -4.02. The van der Waals surface area contributed by atoms with Crippen LogP contribution < -0.4 is 9.04 Å². The van der Waals surface area contributed by atoms with Gasteiger partial charge in [0.05, 0.1) is 12.3 Å². The second kappa shape index (κ2) is 12.2. The third kappa shape index (κ3) is 6.44. The second-order valence-corrected chi connectivity index (χ2v) is 11.7. The average Bonchev–Trinajstić information content (AvgIpc) is 3.56. The van der Waals surface area contributed by atoms with Crippen molar-refractivity contribution in [3.8, 4) is 17.2 Å². The molecule has 0 amide bonds. The van der Waals surface area contributed by atoms with E-state index < -0.39 is 22.7 Å². The Morgan fingerprint density at radius 3 is 2.61 bits per heavy atom. The van der Waals surface area contributed by atoms with Crippen LogP contribution in [0.25, 0.3) is 11.5 Å². The number of aryl methyl sites for hydroxylation is 2. The van der Waals surface area contributed by atoms with Gasteiger partial charge in [-0.3, -0.25) is 9.10 Å². The SMILES string of the molecule is CCOC(=O)CN(Cc1cccc(OCc2nc(-c3ccc(C)cc3)oc2C)c1)S(=O)(=O)N1CCc2ccccc21. The van der Waals surface area contributed by atoms with Crippen molar-refractivity contribution in [3.63, 3.8) is 0 Å². The van der Waals surface area contributed by atoms with Crippen LogP contribution in [-0.2, 0) is 39.3 Å². The first-order valence-electron chi connectivity index (χ1n) is 13.5. The lowest BCUT2D eigenvalue weighted by molar-refractivity contribution is -0.143.